The molecule has 1 unspecified atom stereocenters. The van der Waals surface area contributed by atoms with Gasteiger partial charge in [-0.2, -0.15) is 0 Å². The number of nitrogens with one attached hydrogen (secondary N) is 2. The van der Waals surface area contributed by atoms with E-state index in [9.17, 15) is 0 Å². The molecular weight excluding hydrogens is 302 g/mol. The first-order chi connectivity index (χ1) is 11.6. The van der Waals surface area contributed by atoms with Crippen molar-refractivity contribution in [3.63, 3.8) is 0 Å². The summed E-state index contributed by atoms with van der Waals surface area (Å²) in [5, 5.41) is 6.42. The van der Waals surface area contributed by atoms with Crippen LogP contribution >= 0.6 is 0 Å². The molecule has 1 aliphatic heterocycles. The van der Waals surface area contributed by atoms with E-state index in [0.717, 1.165) is 23.4 Å². The second-order valence-corrected chi connectivity index (χ2v) is 6.10. The second kappa shape index (κ2) is 6.84. The van der Waals surface area contributed by atoms with Crippen molar-refractivity contribution in [1.29, 1.82) is 0 Å². The Labute approximate surface area is 141 Å². The van der Waals surface area contributed by atoms with Crippen molar-refractivity contribution in [2.24, 2.45) is 5.73 Å². The third-order valence-electron chi connectivity index (χ3n) is 3.81. The van der Waals surface area contributed by atoms with Crippen LogP contribution in [0.4, 0.5) is 11.4 Å². The van der Waals surface area contributed by atoms with Crippen molar-refractivity contribution in [1.82, 2.24) is 19.5 Å². The van der Waals surface area contributed by atoms with E-state index >= 15 is 0 Å². The fourth-order valence-corrected chi connectivity index (χ4v) is 2.56. The quantitative estimate of drug-likeness (QED) is 0.641. The molecule has 1 aromatic carbocycles. The molecule has 1 atom stereocenters. The molecule has 2 aromatic heterocycles. The van der Waals surface area contributed by atoms with Gasteiger partial charge in [0.15, 0.2) is 5.65 Å². The Balaban J connectivity index is 0.000000141. The predicted molar refractivity (Wildman–Crippen MR) is 96.7 cm³/mol. The number of anilines is 2. The Morgan fingerprint density at radius 3 is 2.75 bits per heavy atom. The maximum absolute atomic E-state index is 5.64. The molecule has 4 rings (SSSR count). The van der Waals surface area contributed by atoms with E-state index < -0.39 is 0 Å². The molecule has 0 saturated heterocycles. The van der Waals surface area contributed by atoms with Crippen LogP contribution in [0.2, 0.25) is 0 Å². The highest BCUT2D eigenvalue weighted by Crippen LogP contribution is 2.32. The maximum atomic E-state index is 5.64. The van der Waals surface area contributed by atoms with E-state index in [1.165, 1.54) is 11.3 Å². The Hall–Kier alpha value is -2.67. The molecule has 0 spiro atoms. The zero-order valence-electron chi connectivity index (χ0n) is 14.2. The van der Waals surface area contributed by atoms with Crippen LogP contribution in [0.3, 0.4) is 0 Å². The van der Waals surface area contributed by atoms with Gasteiger partial charge in [-0.05, 0) is 32.9 Å². The summed E-state index contributed by atoms with van der Waals surface area (Å²) in [6, 6.07) is 6.55. The van der Waals surface area contributed by atoms with Gasteiger partial charge in [0, 0.05) is 29.5 Å². The summed E-state index contributed by atoms with van der Waals surface area (Å²) in [4.78, 5) is 12.2. The number of nitrogens with two attached hydrogens (primary N) is 1. The molecule has 4 N–H and O–H groups in total. The van der Waals surface area contributed by atoms with Crippen LogP contribution in [0.15, 0.2) is 37.1 Å². The number of hydrogen-bond donors (Lipinski definition) is 3. The molecule has 0 bridgehead atoms. The summed E-state index contributed by atoms with van der Waals surface area (Å²) in [6.07, 6.45) is 5.07. The normalized spacial score (nSPS) is 13.4. The number of nitrogens with zero attached hydrogens (tertiary/aromatic N) is 4. The molecule has 3 heterocycles. The van der Waals surface area contributed by atoms with Gasteiger partial charge in [0.1, 0.15) is 11.8 Å². The van der Waals surface area contributed by atoms with E-state index in [-0.39, 0.29) is 6.17 Å². The van der Waals surface area contributed by atoms with E-state index in [0.29, 0.717) is 6.04 Å². The first-order valence-electron chi connectivity index (χ1n) is 8.06. The summed E-state index contributed by atoms with van der Waals surface area (Å²) in [5.74, 6) is 0. The highest BCUT2D eigenvalue weighted by atomic mass is 15.1. The summed E-state index contributed by atoms with van der Waals surface area (Å²) in [6.45, 7) is 7.09. The van der Waals surface area contributed by atoms with Crippen LogP contribution in [-0.2, 0) is 6.54 Å². The monoisotopic (exact) mass is 325 g/mol. The number of benzene rings is 1. The smallest absolute Gasteiger partial charge is 0.163 e. The average molecular weight is 325 g/mol. The standard InChI is InChI=1S/C9H13N3.C8H10N4/c1-6(10)12-9-4-2-3-8-7(9)5-11-8;1-6(2)12-5-11-7-3-9-4-10-8(7)12/h2-4,6,11-12H,5,10H2,1H3;3-6H,1-2H3. The van der Waals surface area contributed by atoms with Crippen LogP contribution in [0, 0.1) is 0 Å². The highest BCUT2D eigenvalue weighted by molar-refractivity contribution is 5.72. The molecular formula is C17H23N7. The molecule has 7 heteroatoms. The molecule has 7 nitrogen and oxygen atoms in total. The Morgan fingerprint density at radius 1 is 1.25 bits per heavy atom. The lowest BCUT2D eigenvalue weighted by atomic mass is 10.0. The van der Waals surface area contributed by atoms with Crippen molar-refractivity contribution in [2.45, 2.75) is 39.5 Å². The lowest BCUT2D eigenvalue weighted by molar-refractivity contribution is 0.612. The minimum absolute atomic E-state index is 0.0112. The van der Waals surface area contributed by atoms with Crippen LogP contribution in [0.1, 0.15) is 32.4 Å². The lowest BCUT2D eigenvalue weighted by Crippen LogP contribution is -2.27. The largest absolute Gasteiger partial charge is 0.380 e. The first-order valence-corrected chi connectivity index (χ1v) is 8.06. The van der Waals surface area contributed by atoms with Gasteiger partial charge in [0.25, 0.3) is 0 Å². The Kier molecular flexibility index (Phi) is 4.61. The van der Waals surface area contributed by atoms with Gasteiger partial charge < -0.3 is 20.9 Å². The zero-order chi connectivity index (χ0) is 17.1. The maximum Gasteiger partial charge on any atom is 0.163 e. The minimum atomic E-state index is 0.0112. The zero-order valence-corrected chi connectivity index (χ0v) is 14.2. The summed E-state index contributed by atoms with van der Waals surface area (Å²) < 4.78 is 2.02. The van der Waals surface area contributed by atoms with E-state index in [1.54, 1.807) is 18.9 Å². The summed E-state index contributed by atoms with van der Waals surface area (Å²) in [5.41, 5.74) is 11.1. The van der Waals surface area contributed by atoms with Crippen LogP contribution in [0.5, 0.6) is 0 Å². The average Bonchev–Trinajstić information content (AvgIpc) is 2.93. The summed E-state index contributed by atoms with van der Waals surface area (Å²) in [7, 11) is 0. The van der Waals surface area contributed by atoms with E-state index in [1.807, 2.05) is 17.6 Å². The molecule has 126 valence electrons. The topological polar surface area (TPSA) is 93.7 Å². The van der Waals surface area contributed by atoms with Gasteiger partial charge in [-0.1, -0.05) is 6.07 Å². The lowest BCUT2D eigenvalue weighted by Gasteiger charge is -2.25. The molecule has 0 aliphatic carbocycles. The van der Waals surface area contributed by atoms with Crippen LogP contribution in [0.25, 0.3) is 11.2 Å². The van der Waals surface area contributed by atoms with Crippen LogP contribution in [-0.4, -0.2) is 25.7 Å². The van der Waals surface area contributed by atoms with Crippen molar-refractivity contribution in [3.05, 3.63) is 42.6 Å². The van der Waals surface area contributed by atoms with Crippen molar-refractivity contribution >= 4 is 22.5 Å². The SMILES string of the molecule is CC(C)n1cnc2cncnc21.CC(N)Nc1cccc2c1CN2. The third kappa shape index (κ3) is 3.30. The Morgan fingerprint density at radius 2 is 2.08 bits per heavy atom. The first kappa shape index (κ1) is 16.2. The van der Waals surface area contributed by atoms with E-state index in [2.05, 4.69) is 51.6 Å². The number of fused-ring (bicyclic) bond motifs is 2. The number of rotatable bonds is 3. The van der Waals surface area contributed by atoms with Gasteiger partial charge in [-0.3, -0.25) is 0 Å². The fraction of sp³-hybridized carbons (Fsp3) is 0.353. The minimum Gasteiger partial charge on any atom is -0.380 e. The molecule has 0 radical (unpaired) electrons. The fourth-order valence-electron chi connectivity index (χ4n) is 2.56. The molecule has 24 heavy (non-hydrogen) atoms. The van der Waals surface area contributed by atoms with E-state index in [4.69, 9.17) is 5.73 Å². The van der Waals surface area contributed by atoms with Crippen molar-refractivity contribution in [2.75, 3.05) is 10.6 Å². The van der Waals surface area contributed by atoms with Crippen LogP contribution < -0.4 is 16.4 Å². The molecule has 0 amide bonds. The molecule has 0 saturated carbocycles. The van der Waals surface area contributed by atoms with Gasteiger partial charge in [0.2, 0.25) is 0 Å². The van der Waals surface area contributed by atoms with Crippen molar-refractivity contribution in [3.8, 4) is 0 Å². The molecule has 3 aromatic rings. The van der Waals surface area contributed by atoms with Gasteiger partial charge >= 0.3 is 0 Å². The van der Waals surface area contributed by atoms with Gasteiger partial charge in [0.05, 0.1) is 18.7 Å². The molecule has 1 aliphatic rings. The predicted octanol–water partition coefficient (Wildman–Crippen LogP) is 2.74. The van der Waals surface area contributed by atoms with Gasteiger partial charge in [-0.15, -0.1) is 0 Å². The van der Waals surface area contributed by atoms with Crippen molar-refractivity contribution < 1.29 is 0 Å². The number of imidazole rings is 1. The number of hydrogen-bond acceptors (Lipinski definition) is 6. The second-order valence-electron chi connectivity index (χ2n) is 6.10. The molecule has 0 fully saturated rings. The summed E-state index contributed by atoms with van der Waals surface area (Å²) >= 11 is 0. The van der Waals surface area contributed by atoms with Gasteiger partial charge in [-0.25, -0.2) is 15.0 Å². The Bertz CT molecular complexity index is 823. The third-order valence-corrected chi connectivity index (χ3v) is 3.81. The highest BCUT2D eigenvalue weighted by Gasteiger charge is 2.15. The number of aromatic nitrogens is 4.